The first-order chi connectivity index (χ1) is 9.01. The Balaban J connectivity index is 2.46. The molecule has 0 spiro atoms. The number of halogens is 3. The van der Waals surface area contributed by atoms with Crippen molar-refractivity contribution in [2.75, 3.05) is 0 Å². The first-order valence-electron chi connectivity index (χ1n) is 5.69. The number of hydrazine groups is 1. The van der Waals surface area contributed by atoms with E-state index in [4.69, 9.17) is 17.4 Å². The zero-order valence-electron chi connectivity index (χ0n) is 10.3. The van der Waals surface area contributed by atoms with Crippen LogP contribution in [-0.2, 0) is 0 Å². The van der Waals surface area contributed by atoms with Crippen molar-refractivity contribution in [1.29, 1.82) is 0 Å². The van der Waals surface area contributed by atoms with E-state index in [1.54, 1.807) is 6.07 Å². The highest BCUT2D eigenvalue weighted by molar-refractivity contribution is 6.31. The van der Waals surface area contributed by atoms with Crippen LogP contribution in [0.4, 0.5) is 8.78 Å². The molecule has 5 heteroatoms. The van der Waals surface area contributed by atoms with Crippen LogP contribution in [0.15, 0.2) is 36.4 Å². The van der Waals surface area contributed by atoms with Crippen LogP contribution in [0.1, 0.15) is 22.7 Å². The number of nitrogens with one attached hydrogen (secondary N) is 1. The van der Waals surface area contributed by atoms with E-state index in [-0.39, 0.29) is 0 Å². The van der Waals surface area contributed by atoms with E-state index in [1.807, 2.05) is 19.1 Å². The van der Waals surface area contributed by atoms with Gasteiger partial charge in [-0.1, -0.05) is 23.7 Å². The Kier molecular flexibility index (Phi) is 4.14. The van der Waals surface area contributed by atoms with E-state index < -0.39 is 17.7 Å². The fourth-order valence-corrected chi connectivity index (χ4v) is 2.10. The molecule has 0 heterocycles. The van der Waals surface area contributed by atoms with Gasteiger partial charge in [0.2, 0.25) is 0 Å². The largest absolute Gasteiger partial charge is 0.271 e. The van der Waals surface area contributed by atoms with Gasteiger partial charge in [0.05, 0.1) is 6.04 Å². The monoisotopic (exact) mass is 282 g/mol. The van der Waals surface area contributed by atoms with E-state index in [9.17, 15) is 8.78 Å². The summed E-state index contributed by atoms with van der Waals surface area (Å²) in [4.78, 5) is 0. The van der Waals surface area contributed by atoms with E-state index in [0.29, 0.717) is 10.6 Å². The molecular formula is C14H13ClF2N2. The molecule has 2 aromatic carbocycles. The Hall–Kier alpha value is -1.49. The molecular weight excluding hydrogens is 270 g/mol. The van der Waals surface area contributed by atoms with Crippen LogP contribution in [0, 0.1) is 18.6 Å². The molecule has 0 amide bonds. The average molecular weight is 283 g/mol. The minimum Gasteiger partial charge on any atom is -0.271 e. The maximum atomic E-state index is 13.2. The maximum absolute atomic E-state index is 13.2. The highest BCUT2D eigenvalue weighted by atomic mass is 35.5. The van der Waals surface area contributed by atoms with E-state index in [0.717, 1.165) is 17.2 Å². The first-order valence-corrected chi connectivity index (χ1v) is 6.07. The Morgan fingerprint density at radius 2 is 1.68 bits per heavy atom. The van der Waals surface area contributed by atoms with Crippen molar-refractivity contribution in [2.45, 2.75) is 13.0 Å². The SMILES string of the molecule is Cc1ccc(C(NN)c2cc(F)cc(F)c2)cc1Cl. The van der Waals surface area contributed by atoms with Crippen molar-refractivity contribution in [1.82, 2.24) is 5.43 Å². The van der Waals surface area contributed by atoms with Gasteiger partial charge in [-0.25, -0.2) is 14.2 Å². The predicted molar refractivity (Wildman–Crippen MR) is 71.7 cm³/mol. The zero-order chi connectivity index (χ0) is 14.0. The second kappa shape index (κ2) is 5.65. The molecule has 2 nitrogen and oxygen atoms in total. The molecule has 0 radical (unpaired) electrons. The summed E-state index contributed by atoms with van der Waals surface area (Å²) in [7, 11) is 0. The summed E-state index contributed by atoms with van der Waals surface area (Å²) in [6.45, 7) is 1.87. The van der Waals surface area contributed by atoms with Gasteiger partial charge in [-0.05, 0) is 41.8 Å². The molecule has 100 valence electrons. The molecule has 1 unspecified atom stereocenters. The van der Waals surface area contributed by atoms with Gasteiger partial charge in [0.1, 0.15) is 11.6 Å². The van der Waals surface area contributed by atoms with E-state index in [1.165, 1.54) is 12.1 Å². The van der Waals surface area contributed by atoms with E-state index in [2.05, 4.69) is 5.43 Å². The van der Waals surface area contributed by atoms with Gasteiger partial charge in [0.15, 0.2) is 0 Å². The summed E-state index contributed by atoms with van der Waals surface area (Å²) in [6.07, 6.45) is 0. The van der Waals surface area contributed by atoms with Gasteiger partial charge in [0.25, 0.3) is 0 Å². The molecule has 1 atom stereocenters. The Morgan fingerprint density at radius 3 is 2.21 bits per heavy atom. The van der Waals surface area contributed by atoms with Gasteiger partial charge in [-0.2, -0.15) is 0 Å². The molecule has 0 aliphatic rings. The molecule has 0 bridgehead atoms. The number of nitrogens with two attached hydrogens (primary N) is 1. The Bertz CT molecular complexity index is 582. The Morgan fingerprint density at radius 1 is 1.05 bits per heavy atom. The van der Waals surface area contributed by atoms with Crippen molar-refractivity contribution in [3.63, 3.8) is 0 Å². The van der Waals surface area contributed by atoms with Crippen molar-refractivity contribution < 1.29 is 8.78 Å². The van der Waals surface area contributed by atoms with Crippen LogP contribution in [0.5, 0.6) is 0 Å². The quantitative estimate of drug-likeness (QED) is 0.668. The lowest BCUT2D eigenvalue weighted by molar-refractivity contribution is 0.566. The first kappa shape index (κ1) is 13.9. The highest BCUT2D eigenvalue weighted by Gasteiger charge is 2.15. The topological polar surface area (TPSA) is 38.0 Å². The summed E-state index contributed by atoms with van der Waals surface area (Å²) >= 11 is 6.05. The summed E-state index contributed by atoms with van der Waals surface area (Å²) < 4.78 is 26.5. The molecule has 3 N–H and O–H groups in total. The number of benzene rings is 2. The second-order valence-electron chi connectivity index (χ2n) is 4.31. The molecule has 2 aromatic rings. The molecule has 0 saturated heterocycles. The third-order valence-corrected chi connectivity index (χ3v) is 3.32. The van der Waals surface area contributed by atoms with Crippen molar-refractivity contribution in [2.24, 2.45) is 5.84 Å². The van der Waals surface area contributed by atoms with E-state index >= 15 is 0 Å². The van der Waals surface area contributed by atoms with Crippen LogP contribution in [0.25, 0.3) is 0 Å². The summed E-state index contributed by atoms with van der Waals surface area (Å²) in [5.74, 6) is 4.20. The highest BCUT2D eigenvalue weighted by Crippen LogP contribution is 2.26. The maximum Gasteiger partial charge on any atom is 0.126 e. The average Bonchev–Trinajstić information content (AvgIpc) is 2.33. The number of hydrogen-bond donors (Lipinski definition) is 2. The molecule has 0 fully saturated rings. The minimum atomic E-state index is -0.645. The molecule has 0 saturated carbocycles. The standard InChI is InChI=1S/C14H13ClF2N2/c1-8-2-3-9(6-13(8)15)14(19-18)10-4-11(16)7-12(17)5-10/h2-7,14,19H,18H2,1H3. The molecule has 0 aliphatic carbocycles. The van der Waals surface area contributed by atoms with Crippen molar-refractivity contribution >= 4 is 11.6 Å². The van der Waals surface area contributed by atoms with Gasteiger partial charge in [-0.3, -0.25) is 5.84 Å². The van der Waals surface area contributed by atoms with Crippen LogP contribution < -0.4 is 11.3 Å². The van der Waals surface area contributed by atoms with Gasteiger partial charge < -0.3 is 0 Å². The van der Waals surface area contributed by atoms with Gasteiger partial charge in [0, 0.05) is 11.1 Å². The molecule has 0 aliphatic heterocycles. The lowest BCUT2D eigenvalue weighted by Crippen LogP contribution is -2.29. The normalized spacial score (nSPS) is 12.5. The summed E-state index contributed by atoms with van der Waals surface area (Å²) in [6, 6.07) is 8.14. The number of aryl methyl sites for hydroxylation is 1. The molecule has 19 heavy (non-hydrogen) atoms. The minimum absolute atomic E-state index is 0.403. The summed E-state index contributed by atoms with van der Waals surface area (Å²) in [5.41, 5.74) is 4.61. The number of hydrogen-bond acceptors (Lipinski definition) is 2. The lowest BCUT2D eigenvalue weighted by Gasteiger charge is -2.18. The second-order valence-corrected chi connectivity index (χ2v) is 4.72. The van der Waals surface area contributed by atoms with Gasteiger partial charge >= 0.3 is 0 Å². The fourth-order valence-electron chi connectivity index (χ4n) is 1.92. The van der Waals surface area contributed by atoms with Crippen LogP contribution >= 0.6 is 11.6 Å². The predicted octanol–water partition coefficient (Wildman–Crippen LogP) is 3.48. The summed E-state index contributed by atoms with van der Waals surface area (Å²) in [5, 5.41) is 0.578. The molecule has 2 rings (SSSR count). The third kappa shape index (κ3) is 3.10. The lowest BCUT2D eigenvalue weighted by atomic mass is 9.98. The fraction of sp³-hybridized carbons (Fsp3) is 0.143. The smallest absolute Gasteiger partial charge is 0.126 e. The van der Waals surface area contributed by atoms with Gasteiger partial charge in [-0.15, -0.1) is 0 Å². The van der Waals surface area contributed by atoms with Crippen molar-refractivity contribution in [3.05, 3.63) is 69.7 Å². The molecule has 0 aromatic heterocycles. The van der Waals surface area contributed by atoms with Crippen LogP contribution in [0.3, 0.4) is 0 Å². The third-order valence-electron chi connectivity index (χ3n) is 2.91. The van der Waals surface area contributed by atoms with Crippen LogP contribution in [-0.4, -0.2) is 0 Å². The van der Waals surface area contributed by atoms with Crippen molar-refractivity contribution in [3.8, 4) is 0 Å². The van der Waals surface area contributed by atoms with Crippen LogP contribution in [0.2, 0.25) is 5.02 Å². The zero-order valence-corrected chi connectivity index (χ0v) is 11.0. The Labute approximate surface area is 115 Å². The number of rotatable bonds is 3.